The predicted molar refractivity (Wildman–Crippen MR) is 95.9 cm³/mol. The maximum atomic E-state index is 12.0. The number of anilines is 1. The average Bonchev–Trinajstić information content (AvgIpc) is 2.51. The third-order valence-corrected chi connectivity index (χ3v) is 4.20. The number of unbranched alkanes of at least 4 members (excludes halogenated alkanes) is 1. The van der Waals surface area contributed by atoms with E-state index >= 15 is 0 Å². The maximum absolute atomic E-state index is 12.0. The topological polar surface area (TPSA) is 54.9 Å². The number of hydrogen-bond donors (Lipinski definition) is 1. The number of aryl methyl sites for hydroxylation is 3. The summed E-state index contributed by atoms with van der Waals surface area (Å²) >= 11 is 1.36. The van der Waals surface area contributed by atoms with Crippen LogP contribution in [0.1, 0.15) is 36.7 Å². The van der Waals surface area contributed by atoms with Crippen molar-refractivity contribution in [3.63, 3.8) is 0 Å². The molecule has 0 saturated carbocycles. The zero-order chi connectivity index (χ0) is 16.7. The van der Waals surface area contributed by atoms with Gasteiger partial charge in [-0.15, -0.1) is 0 Å². The monoisotopic (exact) mass is 329 g/mol. The number of carbonyl (C=O) groups is 1. The molecule has 4 nitrogen and oxygen atoms in total. The van der Waals surface area contributed by atoms with Crippen LogP contribution in [-0.2, 0) is 11.2 Å². The van der Waals surface area contributed by atoms with Gasteiger partial charge in [0.1, 0.15) is 0 Å². The zero-order valence-corrected chi connectivity index (χ0v) is 14.7. The number of hydrogen-bond acceptors (Lipinski definition) is 4. The first-order chi connectivity index (χ1) is 11.1. The van der Waals surface area contributed by atoms with Crippen molar-refractivity contribution in [3.05, 3.63) is 47.3 Å². The Balaban J connectivity index is 1.84. The van der Waals surface area contributed by atoms with Crippen LogP contribution in [0.5, 0.6) is 0 Å². The number of rotatable bonds is 7. The second-order valence-electron chi connectivity index (χ2n) is 5.57. The molecule has 122 valence electrons. The van der Waals surface area contributed by atoms with Crippen LogP contribution in [-0.4, -0.2) is 21.6 Å². The van der Waals surface area contributed by atoms with Gasteiger partial charge in [-0.3, -0.25) is 4.79 Å². The van der Waals surface area contributed by atoms with E-state index in [1.165, 1.54) is 30.2 Å². The summed E-state index contributed by atoms with van der Waals surface area (Å²) in [6.45, 7) is 6.05. The van der Waals surface area contributed by atoms with Gasteiger partial charge >= 0.3 is 0 Å². The van der Waals surface area contributed by atoms with Gasteiger partial charge in [-0.25, -0.2) is 9.97 Å². The molecule has 2 rings (SSSR count). The lowest BCUT2D eigenvalue weighted by atomic mass is 10.1. The minimum Gasteiger partial charge on any atom is -0.325 e. The SMILES string of the molecule is CCCCc1ccc(NC(=O)CSc2nc(C)cc(C)n2)cc1. The summed E-state index contributed by atoms with van der Waals surface area (Å²) < 4.78 is 0. The molecule has 0 radical (unpaired) electrons. The van der Waals surface area contributed by atoms with Crippen molar-refractivity contribution < 1.29 is 4.79 Å². The molecule has 0 aliphatic rings. The molecule has 0 unspecified atom stereocenters. The predicted octanol–water partition coefficient (Wildman–Crippen LogP) is 4.17. The Morgan fingerprint density at radius 1 is 1.13 bits per heavy atom. The first kappa shape index (κ1) is 17.5. The van der Waals surface area contributed by atoms with E-state index in [-0.39, 0.29) is 5.91 Å². The van der Waals surface area contributed by atoms with Gasteiger partial charge in [0.2, 0.25) is 5.91 Å². The molecule has 1 N–H and O–H groups in total. The van der Waals surface area contributed by atoms with Gasteiger partial charge in [-0.05, 0) is 50.5 Å². The van der Waals surface area contributed by atoms with Crippen LogP contribution < -0.4 is 5.32 Å². The molecule has 0 bridgehead atoms. The molecule has 1 amide bonds. The fourth-order valence-electron chi connectivity index (χ4n) is 2.22. The highest BCUT2D eigenvalue weighted by Gasteiger charge is 2.06. The molecule has 0 saturated heterocycles. The van der Waals surface area contributed by atoms with Gasteiger partial charge in [0.15, 0.2) is 5.16 Å². The smallest absolute Gasteiger partial charge is 0.234 e. The molecule has 0 fully saturated rings. The van der Waals surface area contributed by atoms with Crippen LogP contribution in [0.15, 0.2) is 35.5 Å². The van der Waals surface area contributed by atoms with E-state index in [4.69, 9.17) is 0 Å². The molecule has 0 aliphatic heterocycles. The summed E-state index contributed by atoms with van der Waals surface area (Å²) in [4.78, 5) is 20.7. The molecule has 23 heavy (non-hydrogen) atoms. The number of nitrogens with zero attached hydrogens (tertiary/aromatic N) is 2. The lowest BCUT2D eigenvalue weighted by Gasteiger charge is -2.07. The van der Waals surface area contributed by atoms with Crippen LogP contribution in [0.2, 0.25) is 0 Å². The Morgan fingerprint density at radius 3 is 2.39 bits per heavy atom. The van der Waals surface area contributed by atoms with E-state index in [0.29, 0.717) is 10.9 Å². The Bertz CT molecular complexity index is 636. The fraction of sp³-hybridized carbons (Fsp3) is 0.389. The quantitative estimate of drug-likeness (QED) is 0.612. The summed E-state index contributed by atoms with van der Waals surface area (Å²) in [6.07, 6.45) is 3.47. The van der Waals surface area contributed by atoms with Crippen LogP contribution in [0.3, 0.4) is 0 Å². The third-order valence-electron chi connectivity index (χ3n) is 3.35. The second kappa shape index (κ2) is 8.67. The normalized spacial score (nSPS) is 10.6. The lowest BCUT2D eigenvalue weighted by Crippen LogP contribution is -2.14. The Morgan fingerprint density at radius 2 is 1.78 bits per heavy atom. The van der Waals surface area contributed by atoms with E-state index < -0.39 is 0 Å². The molecule has 1 heterocycles. The maximum Gasteiger partial charge on any atom is 0.234 e. The molecule has 2 aromatic rings. The highest BCUT2D eigenvalue weighted by atomic mass is 32.2. The number of thioether (sulfide) groups is 1. The van der Waals surface area contributed by atoms with Crippen LogP contribution in [0.4, 0.5) is 5.69 Å². The van der Waals surface area contributed by atoms with E-state index in [9.17, 15) is 4.79 Å². The molecule has 0 aliphatic carbocycles. The number of aromatic nitrogens is 2. The van der Waals surface area contributed by atoms with Crippen molar-refractivity contribution in [2.45, 2.75) is 45.2 Å². The molecule has 0 atom stereocenters. The van der Waals surface area contributed by atoms with Gasteiger partial charge in [-0.2, -0.15) is 0 Å². The molecule has 5 heteroatoms. The number of carbonyl (C=O) groups excluding carboxylic acids is 1. The Labute approximate surface area is 142 Å². The third kappa shape index (κ3) is 6.02. The van der Waals surface area contributed by atoms with Gasteiger partial charge in [-0.1, -0.05) is 37.2 Å². The summed E-state index contributed by atoms with van der Waals surface area (Å²) in [6, 6.07) is 9.99. The number of nitrogens with one attached hydrogen (secondary N) is 1. The minimum absolute atomic E-state index is 0.0425. The van der Waals surface area contributed by atoms with Gasteiger partial charge < -0.3 is 5.32 Å². The number of amides is 1. The van der Waals surface area contributed by atoms with Crippen molar-refractivity contribution in [1.82, 2.24) is 9.97 Å². The Hall–Kier alpha value is -1.88. The van der Waals surface area contributed by atoms with Gasteiger partial charge in [0, 0.05) is 17.1 Å². The molecular formula is C18H23N3OS. The van der Waals surface area contributed by atoms with Crippen molar-refractivity contribution in [2.75, 3.05) is 11.1 Å². The summed E-state index contributed by atoms with van der Waals surface area (Å²) in [7, 11) is 0. The number of benzene rings is 1. The van der Waals surface area contributed by atoms with Crippen LogP contribution >= 0.6 is 11.8 Å². The van der Waals surface area contributed by atoms with Crippen molar-refractivity contribution in [1.29, 1.82) is 0 Å². The van der Waals surface area contributed by atoms with Gasteiger partial charge in [0.25, 0.3) is 0 Å². The summed E-state index contributed by atoms with van der Waals surface area (Å²) in [5.74, 6) is 0.264. The van der Waals surface area contributed by atoms with Crippen LogP contribution in [0.25, 0.3) is 0 Å². The standard InChI is InChI=1S/C18H23N3OS/c1-4-5-6-15-7-9-16(10-8-15)21-17(22)12-23-18-19-13(2)11-14(3)20-18/h7-11H,4-6,12H2,1-3H3,(H,21,22). The van der Waals surface area contributed by atoms with E-state index in [1.54, 1.807) is 0 Å². The van der Waals surface area contributed by atoms with Crippen molar-refractivity contribution >= 4 is 23.4 Å². The van der Waals surface area contributed by atoms with E-state index in [0.717, 1.165) is 23.5 Å². The first-order valence-electron chi connectivity index (χ1n) is 7.90. The first-order valence-corrected chi connectivity index (χ1v) is 8.89. The fourth-order valence-corrected chi connectivity index (χ4v) is 2.97. The molecular weight excluding hydrogens is 306 g/mol. The second-order valence-corrected chi connectivity index (χ2v) is 6.51. The summed E-state index contributed by atoms with van der Waals surface area (Å²) in [5.41, 5.74) is 3.98. The van der Waals surface area contributed by atoms with Crippen LogP contribution in [0, 0.1) is 13.8 Å². The minimum atomic E-state index is -0.0425. The average molecular weight is 329 g/mol. The van der Waals surface area contributed by atoms with Gasteiger partial charge in [0.05, 0.1) is 5.75 Å². The molecule has 0 spiro atoms. The van der Waals surface area contributed by atoms with Crippen molar-refractivity contribution in [3.8, 4) is 0 Å². The molecule has 1 aromatic carbocycles. The highest BCUT2D eigenvalue weighted by Crippen LogP contribution is 2.16. The summed E-state index contributed by atoms with van der Waals surface area (Å²) in [5, 5.41) is 3.56. The molecule has 1 aromatic heterocycles. The van der Waals surface area contributed by atoms with Crippen molar-refractivity contribution in [2.24, 2.45) is 0 Å². The van der Waals surface area contributed by atoms with E-state index in [2.05, 4.69) is 34.3 Å². The Kier molecular flexibility index (Phi) is 6.59. The zero-order valence-electron chi connectivity index (χ0n) is 13.9. The lowest BCUT2D eigenvalue weighted by molar-refractivity contribution is -0.113. The largest absolute Gasteiger partial charge is 0.325 e. The highest BCUT2D eigenvalue weighted by molar-refractivity contribution is 7.99. The van der Waals surface area contributed by atoms with E-state index in [1.807, 2.05) is 32.0 Å².